The zero-order valence-corrected chi connectivity index (χ0v) is 34.1. The number of nitrogens with zero attached hydrogens (tertiary/aromatic N) is 1. The first-order valence-corrected chi connectivity index (χ1v) is 23.4. The number of nitrogens with one attached hydrogen (secondary N) is 1. The lowest BCUT2D eigenvalue weighted by Crippen LogP contribution is -2.34. The maximum absolute atomic E-state index is 12.1. The average molecular weight is 909 g/mol. The maximum Gasteiger partial charge on any atom is 0.303 e. The molecule has 4 rings (SSSR count). The fourth-order valence-corrected chi connectivity index (χ4v) is 10.8. The van der Waals surface area contributed by atoms with Gasteiger partial charge in [0.2, 0.25) is 0 Å². The molecule has 53 heavy (non-hydrogen) atoms. The Labute approximate surface area is 321 Å². The fourth-order valence-electron chi connectivity index (χ4n) is 6.71. The second-order valence-electron chi connectivity index (χ2n) is 13.3. The maximum atomic E-state index is 12.1. The van der Waals surface area contributed by atoms with Crippen LogP contribution in [0.2, 0.25) is 0 Å². The molecule has 2 aliphatic rings. The van der Waals surface area contributed by atoms with E-state index in [1.807, 2.05) is 38.2 Å². The highest BCUT2D eigenvalue weighted by Crippen LogP contribution is 2.51. The van der Waals surface area contributed by atoms with Gasteiger partial charge < -0.3 is 18.3 Å². The summed E-state index contributed by atoms with van der Waals surface area (Å²) in [7, 11) is -11.7. The third-order valence-corrected chi connectivity index (χ3v) is 15.0. The van der Waals surface area contributed by atoms with Crippen molar-refractivity contribution in [3.05, 3.63) is 83.6 Å². The molecule has 2 aromatic carbocycles. The third kappa shape index (κ3) is 10.6. The van der Waals surface area contributed by atoms with Gasteiger partial charge in [-0.25, -0.2) is 0 Å². The normalized spacial score (nSPS) is 21.4. The summed E-state index contributed by atoms with van der Waals surface area (Å²) in [5.41, 5.74) is 2.00. The number of fused-ring (bicyclic) bond motifs is 2. The molecule has 0 saturated carbocycles. The molecular weight excluding hydrogens is 863 g/mol. The number of benzene rings is 2. The second kappa shape index (κ2) is 17.2. The standard InChI is InChI=1S/C35H45IN2O12S3/c1-34(18-10-22-51(41,42)43)27-23-25(52(44,45)46)14-16-29(27)37-36-31(34)11-6-4-7-12-32-35(2,19-21-50-3)28-24-26(53(47,48)49)15-17-30(28)38(32)20-9-5-8-13-33(39)40/h4,6-7,11-12,14-17,23-24,37H,5,8-10,13,18-22H2,1-3H3,(H,39,40)(H,41,42,43)(H,44,45,46)(H,47,48,49)/b7-4+,11-6+,32-12+. The van der Waals surface area contributed by atoms with E-state index in [0.29, 0.717) is 55.6 Å². The first-order chi connectivity index (χ1) is 24.7. The Morgan fingerprint density at radius 2 is 1.51 bits per heavy atom. The number of halogens is 1. The van der Waals surface area contributed by atoms with E-state index in [9.17, 15) is 43.7 Å². The Morgan fingerprint density at radius 1 is 0.849 bits per heavy atom. The lowest BCUT2D eigenvalue weighted by Gasteiger charge is -2.36. The van der Waals surface area contributed by atoms with Crippen LogP contribution < -0.4 is 8.43 Å². The Kier molecular flexibility index (Phi) is 13.9. The lowest BCUT2D eigenvalue weighted by atomic mass is 9.75. The SMILES string of the molecule is COCCC1(C)\C(=C/C=C/C=C/C2=INc3ccc(S(=O)(=O)O)cc3C2(C)CCCS(=O)(=O)O)N(CCCCCC(=O)O)c2ccc(S(=O)(=O)O)cc21. The van der Waals surface area contributed by atoms with Gasteiger partial charge in [-0.15, -0.1) is 0 Å². The van der Waals surface area contributed by atoms with E-state index in [2.05, 4.69) is 8.43 Å². The quantitative estimate of drug-likeness (QED) is 0.0378. The Bertz CT molecular complexity index is 2170. The van der Waals surface area contributed by atoms with Crippen LogP contribution in [0.3, 0.4) is 0 Å². The van der Waals surface area contributed by atoms with Gasteiger partial charge in [0.15, 0.2) is 0 Å². The van der Waals surface area contributed by atoms with Crippen LogP contribution in [0, 0.1) is 0 Å². The lowest BCUT2D eigenvalue weighted by molar-refractivity contribution is -0.137. The number of rotatable bonds is 18. The average Bonchev–Trinajstić information content (AvgIpc) is 3.29. The van der Waals surface area contributed by atoms with Crippen LogP contribution in [-0.4, -0.2) is 79.5 Å². The molecule has 2 aromatic rings. The van der Waals surface area contributed by atoms with Crippen LogP contribution in [0.5, 0.6) is 0 Å². The van der Waals surface area contributed by atoms with Crippen molar-refractivity contribution >= 4 is 72.2 Å². The molecule has 0 saturated heterocycles. The number of carboxylic acids is 1. The molecule has 0 aliphatic carbocycles. The number of allylic oxidation sites excluding steroid dienone is 6. The van der Waals surface area contributed by atoms with E-state index in [1.54, 1.807) is 25.3 Å². The molecule has 292 valence electrons. The highest BCUT2D eigenvalue weighted by molar-refractivity contribution is 14.2. The summed E-state index contributed by atoms with van der Waals surface area (Å²) in [5.74, 6) is -1.34. The van der Waals surface area contributed by atoms with Gasteiger partial charge in [-0.05, 0) is 92.6 Å². The van der Waals surface area contributed by atoms with Crippen molar-refractivity contribution in [3.63, 3.8) is 0 Å². The Balaban J connectivity index is 1.71. The van der Waals surface area contributed by atoms with Crippen molar-refractivity contribution in [2.75, 3.05) is 34.4 Å². The van der Waals surface area contributed by atoms with Crippen LogP contribution in [0.15, 0.2) is 82.3 Å². The van der Waals surface area contributed by atoms with Gasteiger partial charge in [0.1, 0.15) is 0 Å². The molecule has 2 unspecified atom stereocenters. The van der Waals surface area contributed by atoms with Gasteiger partial charge in [-0.2, -0.15) is 25.3 Å². The van der Waals surface area contributed by atoms with Crippen molar-refractivity contribution in [1.82, 2.24) is 0 Å². The van der Waals surface area contributed by atoms with Gasteiger partial charge in [0.25, 0.3) is 30.4 Å². The van der Waals surface area contributed by atoms with Crippen molar-refractivity contribution in [2.45, 2.75) is 79.4 Å². The van der Waals surface area contributed by atoms with Crippen LogP contribution in [0.1, 0.15) is 69.9 Å². The molecule has 2 heterocycles. The van der Waals surface area contributed by atoms with E-state index in [1.165, 1.54) is 24.3 Å². The number of methoxy groups -OCH3 is 1. The summed E-state index contributed by atoms with van der Waals surface area (Å²) in [6.07, 6.45) is 12.0. The highest BCUT2D eigenvalue weighted by atomic mass is 127. The molecule has 0 bridgehead atoms. The number of hydrogen-bond acceptors (Lipinski definition) is 10. The molecule has 5 N–H and O–H groups in total. The van der Waals surface area contributed by atoms with Crippen molar-refractivity contribution in [3.8, 4) is 0 Å². The number of aliphatic carboxylic acids is 1. The zero-order chi connectivity index (χ0) is 39.2. The summed E-state index contributed by atoms with van der Waals surface area (Å²) in [4.78, 5) is 12.6. The number of hydrogen-bond donors (Lipinski definition) is 5. The van der Waals surface area contributed by atoms with Crippen molar-refractivity contribution in [1.29, 1.82) is 0 Å². The smallest absolute Gasteiger partial charge is 0.303 e. The molecule has 0 spiro atoms. The van der Waals surface area contributed by atoms with E-state index in [-0.39, 0.29) is 29.1 Å². The van der Waals surface area contributed by atoms with Crippen LogP contribution in [-0.2, 0) is 50.7 Å². The molecule has 0 radical (unpaired) electrons. The van der Waals surface area contributed by atoms with Crippen LogP contribution in [0.4, 0.5) is 11.4 Å². The first kappa shape index (κ1) is 42.8. The summed E-state index contributed by atoms with van der Waals surface area (Å²) in [6, 6.07) is 8.74. The molecule has 18 heteroatoms. The van der Waals surface area contributed by atoms with E-state index in [0.717, 1.165) is 14.9 Å². The number of ether oxygens (including phenoxy) is 1. The molecule has 14 nitrogen and oxygen atoms in total. The third-order valence-electron chi connectivity index (χ3n) is 9.55. The molecule has 2 atom stereocenters. The minimum Gasteiger partial charge on any atom is -0.481 e. The monoisotopic (exact) mass is 908 g/mol. The minimum atomic E-state index is -4.52. The van der Waals surface area contributed by atoms with E-state index >= 15 is 0 Å². The van der Waals surface area contributed by atoms with Crippen molar-refractivity contribution < 1.29 is 53.5 Å². The number of anilines is 2. The Hall–Kier alpha value is -2.98. The van der Waals surface area contributed by atoms with Gasteiger partial charge in [-0.1, -0.05) is 37.6 Å². The number of unbranched alkanes of at least 4 members (excludes halogenated alkanes) is 2. The van der Waals surface area contributed by atoms with Crippen LogP contribution in [0.25, 0.3) is 0 Å². The molecule has 0 amide bonds. The van der Waals surface area contributed by atoms with Gasteiger partial charge in [0, 0.05) is 79.1 Å². The number of carboxylic acid groups (broad SMARTS) is 1. The highest BCUT2D eigenvalue weighted by Gasteiger charge is 2.43. The summed E-state index contributed by atoms with van der Waals surface area (Å²) in [6.45, 7) is 4.73. The summed E-state index contributed by atoms with van der Waals surface area (Å²) >= 11 is -0.859. The van der Waals surface area contributed by atoms with Crippen molar-refractivity contribution in [2.24, 2.45) is 0 Å². The predicted octanol–water partition coefficient (Wildman–Crippen LogP) is 6.05. The van der Waals surface area contributed by atoms with Gasteiger partial charge >= 0.3 is 5.97 Å². The minimum absolute atomic E-state index is 0.0568. The van der Waals surface area contributed by atoms with E-state index < -0.39 is 73.9 Å². The second-order valence-corrected chi connectivity index (χ2v) is 20.0. The zero-order valence-electron chi connectivity index (χ0n) is 29.5. The largest absolute Gasteiger partial charge is 0.481 e. The Morgan fingerprint density at radius 3 is 2.13 bits per heavy atom. The molecular formula is C35H45IN2O12S3. The van der Waals surface area contributed by atoms with Gasteiger partial charge in [-0.3, -0.25) is 18.5 Å². The topological polar surface area (TPSA) is 225 Å². The molecule has 0 aromatic heterocycles. The summed E-state index contributed by atoms with van der Waals surface area (Å²) < 4.78 is 110. The van der Waals surface area contributed by atoms with E-state index in [4.69, 9.17) is 9.84 Å². The predicted molar refractivity (Wildman–Crippen MR) is 212 cm³/mol. The van der Waals surface area contributed by atoms with Crippen LogP contribution >= 0.6 is 21.0 Å². The first-order valence-electron chi connectivity index (χ1n) is 16.7. The molecule has 2 aliphatic heterocycles. The summed E-state index contributed by atoms with van der Waals surface area (Å²) in [5, 5.41) is 9.06. The molecule has 0 fully saturated rings. The fraction of sp³-hybridized carbons (Fsp3) is 0.429. The number of carbonyl (C=O) groups is 1. The van der Waals surface area contributed by atoms with Gasteiger partial charge in [0.05, 0.1) is 15.5 Å².